The van der Waals surface area contributed by atoms with Crippen molar-refractivity contribution in [3.8, 4) is 11.3 Å². The maximum atomic E-state index is 11.9. The Kier molecular flexibility index (Phi) is 4.79. The summed E-state index contributed by atoms with van der Waals surface area (Å²) in [6, 6.07) is 9.21. The fraction of sp³-hybridized carbons (Fsp3) is 0.278. The summed E-state index contributed by atoms with van der Waals surface area (Å²) in [4.78, 5) is 27.8. The van der Waals surface area contributed by atoms with E-state index in [0.717, 1.165) is 11.1 Å². The van der Waals surface area contributed by atoms with E-state index in [4.69, 9.17) is 4.74 Å². The lowest BCUT2D eigenvalue weighted by Gasteiger charge is -2.20. The van der Waals surface area contributed by atoms with Crippen molar-refractivity contribution in [2.24, 2.45) is 0 Å². The highest BCUT2D eigenvalue weighted by molar-refractivity contribution is 5.98. The lowest BCUT2D eigenvalue weighted by molar-refractivity contribution is 0.0636. The molecule has 0 aliphatic rings. The van der Waals surface area contributed by atoms with Gasteiger partial charge in [0, 0.05) is 11.8 Å². The molecule has 0 saturated heterocycles. The number of hydrogen-bond donors (Lipinski definition) is 1. The third-order valence-corrected chi connectivity index (χ3v) is 3.14. The summed E-state index contributed by atoms with van der Waals surface area (Å²) in [7, 11) is 0. The number of pyridine rings is 1. The van der Waals surface area contributed by atoms with Gasteiger partial charge in [-0.15, -0.1) is 0 Å². The van der Waals surface area contributed by atoms with Gasteiger partial charge in [-0.2, -0.15) is 0 Å². The number of aryl methyl sites for hydroxylation is 1. The van der Waals surface area contributed by atoms with Gasteiger partial charge in [0.15, 0.2) is 6.29 Å². The van der Waals surface area contributed by atoms with E-state index in [9.17, 15) is 9.59 Å². The number of nitrogens with one attached hydrogen (secondary N) is 1. The van der Waals surface area contributed by atoms with Crippen LogP contribution in [0.3, 0.4) is 0 Å². The van der Waals surface area contributed by atoms with Gasteiger partial charge in [-0.3, -0.25) is 15.1 Å². The van der Waals surface area contributed by atoms with E-state index >= 15 is 0 Å². The van der Waals surface area contributed by atoms with Crippen molar-refractivity contribution in [1.29, 1.82) is 0 Å². The zero-order chi connectivity index (χ0) is 17.0. The fourth-order valence-electron chi connectivity index (χ4n) is 2.17. The number of aromatic nitrogens is 1. The second-order valence-corrected chi connectivity index (χ2v) is 6.18. The quantitative estimate of drug-likeness (QED) is 0.862. The first kappa shape index (κ1) is 16.7. The van der Waals surface area contributed by atoms with Gasteiger partial charge in [-0.1, -0.05) is 24.3 Å². The monoisotopic (exact) mass is 312 g/mol. The van der Waals surface area contributed by atoms with Gasteiger partial charge in [0.2, 0.25) is 0 Å². The van der Waals surface area contributed by atoms with Gasteiger partial charge in [-0.25, -0.2) is 4.79 Å². The highest BCUT2D eigenvalue weighted by Gasteiger charge is 2.19. The van der Waals surface area contributed by atoms with Crippen molar-refractivity contribution in [2.45, 2.75) is 33.3 Å². The van der Waals surface area contributed by atoms with Crippen LogP contribution < -0.4 is 5.32 Å². The summed E-state index contributed by atoms with van der Waals surface area (Å²) in [6.07, 6.45) is 1.64. The van der Waals surface area contributed by atoms with E-state index in [1.165, 1.54) is 0 Å². The van der Waals surface area contributed by atoms with Crippen molar-refractivity contribution in [2.75, 3.05) is 5.32 Å². The van der Waals surface area contributed by atoms with E-state index < -0.39 is 11.7 Å². The van der Waals surface area contributed by atoms with Crippen molar-refractivity contribution < 1.29 is 14.3 Å². The number of carbonyl (C=O) groups is 2. The molecule has 0 unspecified atom stereocenters. The van der Waals surface area contributed by atoms with Gasteiger partial charge in [-0.05, 0) is 39.3 Å². The molecular formula is C18H20N2O3. The molecule has 2 aromatic rings. The van der Waals surface area contributed by atoms with Crippen molar-refractivity contribution in [3.05, 3.63) is 47.7 Å². The average Bonchev–Trinajstić information content (AvgIpc) is 2.45. The van der Waals surface area contributed by atoms with E-state index in [2.05, 4.69) is 10.3 Å². The summed E-state index contributed by atoms with van der Waals surface area (Å²) in [6.45, 7) is 7.27. The van der Waals surface area contributed by atoms with Crippen molar-refractivity contribution in [1.82, 2.24) is 4.98 Å². The zero-order valence-corrected chi connectivity index (χ0v) is 13.7. The molecule has 0 radical (unpaired) electrons. The molecule has 0 atom stereocenters. The SMILES string of the molecule is Cc1ccccc1-c1nccc(NC(=O)OC(C)(C)C)c1C=O. The van der Waals surface area contributed by atoms with Gasteiger partial charge >= 0.3 is 6.09 Å². The van der Waals surface area contributed by atoms with Crippen LogP contribution in [0.1, 0.15) is 36.7 Å². The van der Waals surface area contributed by atoms with Crippen LogP contribution in [-0.4, -0.2) is 23.0 Å². The first-order chi connectivity index (χ1) is 10.8. The van der Waals surface area contributed by atoms with Crippen LogP contribution in [0, 0.1) is 6.92 Å². The Balaban J connectivity index is 2.40. The Morgan fingerprint density at radius 2 is 1.91 bits per heavy atom. The molecule has 1 aromatic heterocycles. The van der Waals surface area contributed by atoms with E-state index in [-0.39, 0.29) is 0 Å². The second kappa shape index (κ2) is 6.60. The number of rotatable bonds is 3. The minimum absolute atomic E-state index is 0.327. The molecule has 0 aliphatic heterocycles. The molecular weight excluding hydrogens is 292 g/mol. The highest BCUT2D eigenvalue weighted by Crippen LogP contribution is 2.28. The maximum Gasteiger partial charge on any atom is 0.412 e. The number of anilines is 1. The molecule has 1 aromatic carbocycles. The molecule has 5 heteroatoms. The van der Waals surface area contributed by atoms with E-state index in [0.29, 0.717) is 23.2 Å². The summed E-state index contributed by atoms with van der Waals surface area (Å²) in [5.41, 5.74) is 2.47. The average molecular weight is 312 g/mol. The molecule has 23 heavy (non-hydrogen) atoms. The van der Waals surface area contributed by atoms with Crippen molar-refractivity contribution >= 4 is 18.1 Å². The normalized spacial score (nSPS) is 11.0. The number of amides is 1. The number of carbonyl (C=O) groups excluding carboxylic acids is 2. The Morgan fingerprint density at radius 3 is 2.52 bits per heavy atom. The molecule has 0 spiro atoms. The van der Waals surface area contributed by atoms with Gasteiger partial charge < -0.3 is 4.74 Å². The maximum absolute atomic E-state index is 11.9. The Hall–Kier alpha value is -2.69. The molecule has 0 aliphatic carbocycles. The molecule has 120 valence electrons. The molecule has 1 heterocycles. The standard InChI is InChI=1S/C18H20N2O3/c1-12-7-5-6-8-13(12)16-14(11-21)15(9-10-19-16)20-17(22)23-18(2,3)4/h5-11H,1-4H3,(H,19,20,22). The molecule has 2 rings (SSSR count). The summed E-state index contributed by atoms with van der Waals surface area (Å²) in [5, 5.41) is 2.62. The number of benzene rings is 1. The largest absolute Gasteiger partial charge is 0.444 e. The van der Waals surface area contributed by atoms with E-state index in [1.54, 1.807) is 33.0 Å². The summed E-state index contributed by atoms with van der Waals surface area (Å²) < 4.78 is 5.22. The summed E-state index contributed by atoms with van der Waals surface area (Å²) >= 11 is 0. The molecule has 1 amide bonds. The smallest absolute Gasteiger partial charge is 0.412 e. The minimum atomic E-state index is -0.614. The molecule has 0 saturated carbocycles. The van der Waals surface area contributed by atoms with Crippen LogP contribution in [0.5, 0.6) is 0 Å². The lowest BCUT2D eigenvalue weighted by atomic mass is 10.0. The molecule has 5 nitrogen and oxygen atoms in total. The van der Waals surface area contributed by atoms with E-state index in [1.807, 2.05) is 31.2 Å². The molecule has 0 bridgehead atoms. The third-order valence-electron chi connectivity index (χ3n) is 3.14. The van der Waals surface area contributed by atoms with Crippen LogP contribution in [0.2, 0.25) is 0 Å². The van der Waals surface area contributed by atoms with Gasteiger partial charge in [0.25, 0.3) is 0 Å². The van der Waals surface area contributed by atoms with Crippen molar-refractivity contribution in [3.63, 3.8) is 0 Å². The third kappa shape index (κ3) is 4.16. The first-order valence-electron chi connectivity index (χ1n) is 7.32. The molecule has 0 fully saturated rings. The number of hydrogen-bond acceptors (Lipinski definition) is 4. The predicted molar refractivity (Wildman–Crippen MR) is 89.7 cm³/mol. The Labute approximate surface area is 135 Å². The predicted octanol–water partition coefficient (Wildman–Crippen LogP) is 4.22. The minimum Gasteiger partial charge on any atom is -0.444 e. The van der Waals surface area contributed by atoms with Gasteiger partial charge in [0.05, 0.1) is 16.9 Å². The molecule has 1 N–H and O–H groups in total. The van der Waals surface area contributed by atoms with Crippen LogP contribution in [0.25, 0.3) is 11.3 Å². The zero-order valence-electron chi connectivity index (χ0n) is 13.7. The highest BCUT2D eigenvalue weighted by atomic mass is 16.6. The Morgan fingerprint density at radius 1 is 1.22 bits per heavy atom. The van der Waals surface area contributed by atoms with Crippen LogP contribution in [0.15, 0.2) is 36.5 Å². The number of aldehydes is 1. The second-order valence-electron chi connectivity index (χ2n) is 6.18. The van der Waals surface area contributed by atoms with Crippen LogP contribution in [-0.2, 0) is 4.74 Å². The topological polar surface area (TPSA) is 68.3 Å². The van der Waals surface area contributed by atoms with Crippen LogP contribution >= 0.6 is 0 Å². The Bertz CT molecular complexity index is 733. The first-order valence-corrected chi connectivity index (χ1v) is 7.32. The summed E-state index contributed by atoms with van der Waals surface area (Å²) in [5.74, 6) is 0. The van der Waals surface area contributed by atoms with Crippen LogP contribution in [0.4, 0.5) is 10.5 Å². The lowest BCUT2D eigenvalue weighted by Crippen LogP contribution is -2.27. The number of nitrogens with zero attached hydrogens (tertiary/aromatic N) is 1. The number of ether oxygens (including phenoxy) is 1. The van der Waals surface area contributed by atoms with Gasteiger partial charge in [0.1, 0.15) is 5.60 Å². The fourth-order valence-corrected chi connectivity index (χ4v) is 2.17.